The van der Waals surface area contributed by atoms with Crippen LogP contribution in [0.25, 0.3) is 0 Å². The first-order valence-corrected chi connectivity index (χ1v) is 7.89. The van der Waals surface area contributed by atoms with Crippen LogP contribution in [0, 0.1) is 11.3 Å². The minimum Gasteiger partial charge on any atom is -0.393 e. The molecular formula is C12H25NO3S. The van der Waals surface area contributed by atoms with Crippen molar-refractivity contribution < 1.29 is 13.5 Å². The van der Waals surface area contributed by atoms with Crippen LogP contribution in [-0.4, -0.2) is 42.8 Å². The zero-order valence-corrected chi connectivity index (χ0v) is 12.1. The number of hydrogen-bond donors (Lipinski definition) is 1. The lowest BCUT2D eigenvalue weighted by molar-refractivity contribution is 0.0628. The molecule has 2 unspecified atom stereocenters. The largest absolute Gasteiger partial charge is 0.393 e. The molecule has 1 saturated heterocycles. The number of hydrogen-bond acceptors (Lipinski definition) is 3. The van der Waals surface area contributed by atoms with Gasteiger partial charge in [0.2, 0.25) is 10.0 Å². The van der Waals surface area contributed by atoms with Gasteiger partial charge < -0.3 is 5.11 Å². The maximum atomic E-state index is 12.1. The number of sulfonamides is 1. The Balaban J connectivity index is 2.59. The third-order valence-electron chi connectivity index (χ3n) is 3.33. The number of rotatable bonds is 3. The second kappa shape index (κ2) is 5.24. The van der Waals surface area contributed by atoms with E-state index in [1.54, 1.807) is 0 Å². The average molecular weight is 263 g/mol. The second-order valence-corrected chi connectivity index (χ2v) is 8.41. The molecule has 1 aliphatic rings. The highest BCUT2D eigenvalue weighted by Crippen LogP contribution is 2.23. The van der Waals surface area contributed by atoms with E-state index in [1.807, 2.05) is 27.7 Å². The van der Waals surface area contributed by atoms with Crippen molar-refractivity contribution in [1.82, 2.24) is 4.31 Å². The van der Waals surface area contributed by atoms with Crippen LogP contribution in [0.1, 0.15) is 40.5 Å². The van der Waals surface area contributed by atoms with E-state index in [4.69, 9.17) is 0 Å². The SMILES string of the molecule is CC1CN(S(=O)(=O)CCC(C)(C)C)CCC1O. The first-order chi connectivity index (χ1) is 7.62. The third kappa shape index (κ3) is 4.56. The predicted octanol–water partition coefficient (Wildman–Crippen LogP) is 1.46. The summed E-state index contributed by atoms with van der Waals surface area (Å²) in [5.74, 6) is 0.243. The third-order valence-corrected chi connectivity index (χ3v) is 5.16. The molecular weight excluding hydrogens is 238 g/mol. The summed E-state index contributed by atoms with van der Waals surface area (Å²) < 4.78 is 25.8. The van der Waals surface area contributed by atoms with Crippen molar-refractivity contribution in [2.45, 2.75) is 46.6 Å². The van der Waals surface area contributed by atoms with Gasteiger partial charge in [-0.25, -0.2) is 12.7 Å². The number of nitrogens with zero attached hydrogens (tertiary/aromatic N) is 1. The Morgan fingerprint density at radius 3 is 2.41 bits per heavy atom. The van der Waals surface area contributed by atoms with Crippen LogP contribution in [-0.2, 0) is 10.0 Å². The summed E-state index contributed by atoms with van der Waals surface area (Å²) in [7, 11) is -3.15. The van der Waals surface area contributed by atoms with Crippen LogP contribution >= 0.6 is 0 Å². The first kappa shape index (κ1) is 14.9. The monoisotopic (exact) mass is 263 g/mol. The second-order valence-electron chi connectivity index (χ2n) is 6.32. The van der Waals surface area contributed by atoms with Gasteiger partial charge in [0.15, 0.2) is 0 Å². The van der Waals surface area contributed by atoms with Crippen molar-refractivity contribution in [2.24, 2.45) is 11.3 Å². The first-order valence-electron chi connectivity index (χ1n) is 6.28. The standard InChI is InChI=1S/C12H25NO3S/c1-10-9-13(7-5-11(10)14)17(15,16)8-6-12(2,3)4/h10-11,14H,5-9H2,1-4H3. The zero-order chi connectivity index (χ0) is 13.3. The zero-order valence-electron chi connectivity index (χ0n) is 11.3. The fraction of sp³-hybridized carbons (Fsp3) is 1.00. The highest BCUT2D eigenvalue weighted by atomic mass is 32.2. The lowest BCUT2D eigenvalue weighted by Gasteiger charge is -2.34. The van der Waals surface area contributed by atoms with Crippen molar-refractivity contribution in [3.05, 3.63) is 0 Å². The van der Waals surface area contributed by atoms with Crippen LogP contribution in [0.2, 0.25) is 0 Å². The van der Waals surface area contributed by atoms with E-state index in [1.165, 1.54) is 4.31 Å². The molecule has 0 radical (unpaired) electrons. The van der Waals surface area contributed by atoms with Crippen molar-refractivity contribution in [3.8, 4) is 0 Å². The number of aliphatic hydroxyl groups excluding tert-OH is 1. The Morgan fingerprint density at radius 1 is 1.35 bits per heavy atom. The quantitative estimate of drug-likeness (QED) is 0.838. The predicted molar refractivity (Wildman–Crippen MR) is 69.2 cm³/mol. The summed E-state index contributed by atoms with van der Waals surface area (Å²) in [4.78, 5) is 0. The molecule has 1 N–H and O–H groups in total. The molecule has 5 heteroatoms. The fourth-order valence-electron chi connectivity index (χ4n) is 1.91. The van der Waals surface area contributed by atoms with Crippen LogP contribution < -0.4 is 0 Å². The fourth-order valence-corrected chi connectivity index (χ4v) is 3.89. The Morgan fingerprint density at radius 2 is 1.94 bits per heavy atom. The molecule has 0 aliphatic carbocycles. The summed E-state index contributed by atoms with van der Waals surface area (Å²) in [6.07, 6.45) is 0.864. The molecule has 0 spiro atoms. The highest BCUT2D eigenvalue weighted by molar-refractivity contribution is 7.89. The van der Waals surface area contributed by atoms with Gasteiger partial charge in [0.1, 0.15) is 0 Å². The van der Waals surface area contributed by atoms with Crippen molar-refractivity contribution >= 4 is 10.0 Å². The molecule has 17 heavy (non-hydrogen) atoms. The lowest BCUT2D eigenvalue weighted by atomic mass is 9.94. The molecule has 4 nitrogen and oxygen atoms in total. The van der Waals surface area contributed by atoms with E-state index < -0.39 is 10.0 Å². The van der Waals surface area contributed by atoms with Gasteiger partial charge in [-0.15, -0.1) is 0 Å². The number of piperidine rings is 1. The van der Waals surface area contributed by atoms with E-state index >= 15 is 0 Å². The van der Waals surface area contributed by atoms with Gasteiger partial charge in [-0.05, 0) is 24.2 Å². The lowest BCUT2D eigenvalue weighted by Crippen LogP contribution is -2.45. The van der Waals surface area contributed by atoms with E-state index in [-0.39, 0.29) is 23.2 Å². The van der Waals surface area contributed by atoms with Gasteiger partial charge in [0, 0.05) is 13.1 Å². The van der Waals surface area contributed by atoms with Crippen LogP contribution in [0.5, 0.6) is 0 Å². The Hall–Kier alpha value is -0.130. The van der Waals surface area contributed by atoms with Crippen molar-refractivity contribution in [3.63, 3.8) is 0 Å². The molecule has 102 valence electrons. The minimum atomic E-state index is -3.15. The van der Waals surface area contributed by atoms with Gasteiger partial charge >= 0.3 is 0 Å². The summed E-state index contributed by atoms with van der Waals surface area (Å²) in [5.41, 5.74) is 0.0357. The van der Waals surface area contributed by atoms with E-state index in [0.29, 0.717) is 25.9 Å². The maximum Gasteiger partial charge on any atom is 0.214 e. The molecule has 0 amide bonds. The molecule has 0 aromatic heterocycles. The van der Waals surface area contributed by atoms with Crippen LogP contribution in [0.15, 0.2) is 0 Å². The van der Waals surface area contributed by atoms with Gasteiger partial charge in [-0.1, -0.05) is 27.7 Å². The van der Waals surface area contributed by atoms with Gasteiger partial charge in [0.05, 0.1) is 11.9 Å². The topological polar surface area (TPSA) is 57.6 Å². The smallest absolute Gasteiger partial charge is 0.214 e. The summed E-state index contributed by atoms with van der Waals surface area (Å²) in [6, 6.07) is 0. The van der Waals surface area contributed by atoms with Gasteiger partial charge in [-0.2, -0.15) is 0 Å². The Bertz CT molecular complexity index is 345. The van der Waals surface area contributed by atoms with E-state index in [2.05, 4.69) is 0 Å². The van der Waals surface area contributed by atoms with Gasteiger partial charge in [-0.3, -0.25) is 0 Å². The molecule has 0 aromatic carbocycles. The maximum absolute atomic E-state index is 12.1. The average Bonchev–Trinajstić information content (AvgIpc) is 2.18. The van der Waals surface area contributed by atoms with E-state index in [0.717, 1.165) is 0 Å². The van der Waals surface area contributed by atoms with Crippen LogP contribution in [0.3, 0.4) is 0 Å². The van der Waals surface area contributed by atoms with Crippen molar-refractivity contribution in [1.29, 1.82) is 0 Å². The summed E-state index contributed by atoms with van der Waals surface area (Å²) >= 11 is 0. The molecule has 1 rings (SSSR count). The Labute approximate surface area is 105 Å². The molecule has 1 fully saturated rings. The van der Waals surface area contributed by atoms with E-state index in [9.17, 15) is 13.5 Å². The highest BCUT2D eigenvalue weighted by Gasteiger charge is 2.31. The molecule has 0 saturated carbocycles. The molecule has 0 aromatic rings. The molecule has 0 bridgehead atoms. The van der Waals surface area contributed by atoms with Crippen LogP contribution in [0.4, 0.5) is 0 Å². The number of aliphatic hydroxyl groups is 1. The Kier molecular flexibility index (Phi) is 4.60. The minimum absolute atomic E-state index is 0.0353. The van der Waals surface area contributed by atoms with Crippen molar-refractivity contribution in [2.75, 3.05) is 18.8 Å². The summed E-state index contributed by atoms with van der Waals surface area (Å²) in [6.45, 7) is 8.95. The molecule has 1 aliphatic heterocycles. The molecule has 2 atom stereocenters. The molecule has 1 heterocycles. The normalized spacial score (nSPS) is 28.3. The van der Waals surface area contributed by atoms with Gasteiger partial charge in [0.25, 0.3) is 0 Å². The summed E-state index contributed by atoms with van der Waals surface area (Å²) in [5, 5.41) is 9.60.